The van der Waals surface area contributed by atoms with Gasteiger partial charge in [0.2, 0.25) is 0 Å². The van der Waals surface area contributed by atoms with Crippen molar-refractivity contribution in [3.63, 3.8) is 0 Å². The number of likely N-dealkylation sites (tertiary alicyclic amines) is 1. The number of benzene rings is 2. The third-order valence-corrected chi connectivity index (χ3v) is 7.04. The van der Waals surface area contributed by atoms with Crippen molar-refractivity contribution in [1.82, 2.24) is 10.2 Å². The van der Waals surface area contributed by atoms with Gasteiger partial charge in [0.05, 0.1) is 17.8 Å². The first-order valence-corrected chi connectivity index (χ1v) is 11.8. The SMILES string of the molecule is CCNC[C@@H]1O[C@H](C2CCN(Cc3ccc(C(F)(F)F)cc3)CC2)Cc2c1ccc(C)c2O. The van der Waals surface area contributed by atoms with Crippen molar-refractivity contribution in [1.29, 1.82) is 0 Å². The van der Waals surface area contributed by atoms with Crippen molar-refractivity contribution in [3.05, 3.63) is 64.2 Å². The van der Waals surface area contributed by atoms with E-state index < -0.39 is 11.7 Å². The lowest BCUT2D eigenvalue weighted by atomic mass is 9.83. The average molecular weight is 463 g/mol. The predicted octanol–water partition coefficient (Wildman–Crippen LogP) is 5.22. The van der Waals surface area contributed by atoms with Gasteiger partial charge in [0.25, 0.3) is 0 Å². The molecule has 0 bridgehead atoms. The zero-order valence-corrected chi connectivity index (χ0v) is 19.3. The third kappa shape index (κ3) is 5.53. The first-order chi connectivity index (χ1) is 15.8. The van der Waals surface area contributed by atoms with Gasteiger partial charge in [0, 0.05) is 25.1 Å². The maximum absolute atomic E-state index is 12.8. The second kappa shape index (κ2) is 10.0. The highest BCUT2D eigenvalue weighted by molar-refractivity contribution is 5.47. The van der Waals surface area contributed by atoms with Crippen molar-refractivity contribution in [2.24, 2.45) is 5.92 Å². The van der Waals surface area contributed by atoms with E-state index in [1.165, 1.54) is 0 Å². The number of fused-ring (bicyclic) bond motifs is 1. The summed E-state index contributed by atoms with van der Waals surface area (Å²) in [5.74, 6) is 0.785. The van der Waals surface area contributed by atoms with Crippen molar-refractivity contribution in [2.45, 2.75) is 58.0 Å². The lowest BCUT2D eigenvalue weighted by Gasteiger charge is -2.41. The van der Waals surface area contributed by atoms with Crippen LogP contribution in [0.1, 0.15) is 53.7 Å². The van der Waals surface area contributed by atoms with Gasteiger partial charge in [0.15, 0.2) is 0 Å². The summed E-state index contributed by atoms with van der Waals surface area (Å²) in [4.78, 5) is 2.30. The summed E-state index contributed by atoms with van der Waals surface area (Å²) in [6.45, 7) is 8.00. The van der Waals surface area contributed by atoms with Crippen molar-refractivity contribution in [2.75, 3.05) is 26.2 Å². The van der Waals surface area contributed by atoms with Crippen molar-refractivity contribution in [3.8, 4) is 5.75 Å². The van der Waals surface area contributed by atoms with Gasteiger partial charge in [-0.25, -0.2) is 0 Å². The number of nitrogens with one attached hydrogen (secondary N) is 1. The predicted molar refractivity (Wildman–Crippen MR) is 122 cm³/mol. The Kier molecular flexibility index (Phi) is 7.31. The van der Waals surface area contributed by atoms with Crippen molar-refractivity contribution >= 4 is 0 Å². The van der Waals surface area contributed by atoms with E-state index in [0.717, 1.165) is 79.8 Å². The minimum atomic E-state index is -4.30. The van der Waals surface area contributed by atoms with Crippen LogP contribution >= 0.6 is 0 Å². The summed E-state index contributed by atoms with van der Waals surface area (Å²) < 4.78 is 44.9. The van der Waals surface area contributed by atoms with E-state index in [0.29, 0.717) is 18.2 Å². The van der Waals surface area contributed by atoms with Crippen LogP contribution in [0.4, 0.5) is 13.2 Å². The Morgan fingerprint density at radius 1 is 1.09 bits per heavy atom. The highest BCUT2D eigenvalue weighted by Gasteiger charge is 2.36. The maximum Gasteiger partial charge on any atom is 0.416 e. The van der Waals surface area contributed by atoms with Gasteiger partial charge in [-0.15, -0.1) is 0 Å². The van der Waals surface area contributed by atoms with Crippen LogP contribution in [0.2, 0.25) is 0 Å². The molecule has 2 heterocycles. The number of phenolic OH excluding ortho intramolecular Hbond substituents is 1. The molecule has 2 aromatic carbocycles. The molecule has 4 nitrogen and oxygen atoms in total. The topological polar surface area (TPSA) is 44.7 Å². The lowest BCUT2D eigenvalue weighted by molar-refractivity contribution is -0.137. The van der Waals surface area contributed by atoms with Crippen LogP contribution in [-0.4, -0.2) is 42.3 Å². The Bertz CT molecular complexity index is 938. The number of ether oxygens (including phenoxy) is 1. The summed E-state index contributed by atoms with van der Waals surface area (Å²) in [6, 6.07) is 9.51. The van der Waals surface area contributed by atoms with Crippen LogP contribution in [0.15, 0.2) is 36.4 Å². The second-order valence-electron chi connectivity index (χ2n) is 9.28. The standard InChI is InChI=1S/C26H33F3N2O2/c1-3-30-15-24-21-9-4-17(2)25(32)22(21)14-23(33-24)19-10-12-31(13-11-19)16-18-5-7-20(8-6-18)26(27,28)29/h4-9,19,23-24,30,32H,3,10-16H2,1-2H3/t23-,24-/m0/s1. The van der Waals surface area contributed by atoms with Crippen LogP contribution in [0.25, 0.3) is 0 Å². The van der Waals surface area contributed by atoms with Crippen LogP contribution < -0.4 is 5.32 Å². The molecule has 0 saturated carbocycles. The Morgan fingerprint density at radius 3 is 2.42 bits per heavy atom. The Hall–Kier alpha value is -2.09. The number of aryl methyl sites for hydroxylation is 1. The number of hydrogen-bond donors (Lipinski definition) is 2. The molecule has 7 heteroatoms. The molecule has 2 aliphatic heterocycles. The molecule has 4 rings (SSSR count). The number of phenols is 1. The van der Waals surface area contributed by atoms with E-state index in [-0.39, 0.29) is 12.2 Å². The molecule has 0 aliphatic carbocycles. The molecule has 33 heavy (non-hydrogen) atoms. The summed E-state index contributed by atoms with van der Waals surface area (Å²) in [6.07, 6.45) is -1.65. The number of piperidine rings is 1. The van der Waals surface area contributed by atoms with E-state index in [4.69, 9.17) is 4.74 Å². The molecule has 1 fully saturated rings. The highest BCUT2D eigenvalue weighted by Crippen LogP contribution is 2.40. The Morgan fingerprint density at radius 2 is 1.79 bits per heavy atom. The zero-order valence-electron chi connectivity index (χ0n) is 19.3. The minimum Gasteiger partial charge on any atom is -0.507 e. The molecule has 180 valence electrons. The van der Waals surface area contributed by atoms with Gasteiger partial charge in [-0.2, -0.15) is 13.2 Å². The average Bonchev–Trinajstić information content (AvgIpc) is 2.80. The molecule has 0 aromatic heterocycles. The normalized spacial score (nSPS) is 22.3. The number of alkyl halides is 3. The van der Waals surface area contributed by atoms with Gasteiger partial charge in [-0.3, -0.25) is 4.90 Å². The second-order valence-corrected chi connectivity index (χ2v) is 9.28. The molecule has 0 amide bonds. The zero-order chi connectivity index (χ0) is 23.6. The Balaban J connectivity index is 1.38. The van der Waals surface area contributed by atoms with Gasteiger partial charge >= 0.3 is 6.18 Å². The van der Waals surface area contributed by atoms with Gasteiger partial charge in [-0.1, -0.05) is 31.2 Å². The van der Waals surface area contributed by atoms with Gasteiger partial charge in [-0.05, 0) is 74.1 Å². The summed E-state index contributed by atoms with van der Waals surface area (Å²) >= 11 is 0. The fourth-order valence-corrected chi connectivity index (χ4v) is 5.07. The number of likely N-dealkylation sites (N-methyl/N-ethyl adjacent to an activating group) is 1. The van der Waals surface area contributed by atoms with Crippen LogP contribution in [-0.2, 0) is 23.9 Å². The smallest absolute Gasteiger partial charge is 0.416 e. The fourth-order valence-electron chi connectivity index (χ4n) is 5.07. The molecule has 0 spiro atoms. The molecule has 2 aliphatic rings. The van der Waals surface area contributed by atoms with E-state index in [2.05, 4.69) is 23.2 Å². The molecule has 0 radical (unpaired) electrons. The molecule has 2 aromatic rings. The first-order valence-electron chi connectivity index (χ1n) is 11.8. The summed E-state index contributed by atoms with van der Waals surface area (Å²) in [5, 5.41) is 14.1. The van der Waals surface area contributed by atoms with Crippen molar-refractivity contribution < 1.29 is 23.0 Å². The summed E-state index contributed by atoms with van der Waals surface area (Å²) in [7, 11) is 0. The van der Waals surface area contributed by atoms with Gasteiger partial charge < -0.3 is 15.2 Å². The fraction of sp³-hybridized carbons (Fsp3) is 0.538. The van der Waals surface area contributed by atoms with Gasteiger partial charge in [0.1, 0.15) is 5.75 Å². The van der Waals surface area contributed by atoms with E-state index >= 15 is 0 Å². The van der Waals surface area contributed by atoms with Crippen LogP contribution in [0, 0.1) is 12.8 Å². The third-order valence-electron chi connectivity index (χ3n) is 7.04. The molecule has 2 atom stereocenters. The van der Waals surface area contributed by atoms with Crippen LogP contribution in [0.3, 0.4) is 0 Å². The van der Waals surface area contributed by atoms with Crippen LogP contribution in [0.5, 0.6) is 5.75 Å². The molecule has 1 saturated heterocycles. The van der Waals surface area contributed by atoms with E-state index in [9.17, 15) is 18.3 Å². The first kappa shape index (κ1) is 24.0. The molecule has 0 unspecified atom stereocenters. The number of nitrogens with zero attached hydrogens (tertiary/aromatic N) is 1. The molecular weight excluding hydrogens is 429 g/mol. The highest BCUT2D eigenvalue weighted by atomic mass is 19.4. The summed E-state index contributed by atoms with van der Waals surface area (Å²) in [5.41, 5.74) is 3.28. The quantitative estimate of drug-likeness (QED) is 0.618. The number of rotatable bonds is 6. The van der Waals surface area contributed by atoms with E-state index in [1.807, 2.05) is 13.0 Å². The minimum absolute atomic E-state index is 0.0575. The lowest BCUT2D eigenvalue weighted by Crippen LogP contribution is -2.42. The number of halogens is 3. The molecular formula is C26H33F3N2O2. The maximum atomic E-state index is 12.8. The Labute approximate surface area is 193 Å². The molecule has 2 N–H and O–H groups in total. The largest absolute Gasteiger partial charge is 0.507 e. The number of hydrogen-bond acceptors (Lipinski definition) is 4. The van der Waals surface area contributed by atoms with E-state index in [1.54, 1.807) is 12.1 Å². The monoisotopic (exact) mass is 462 g/mol. The number of aromatic hydroxyl groups is 1.